The maximum absolute atomic E-state index is 5.51. The monoisotopic (exact) mass is 176 g/mol. The van der Waals surface area contributed by atoms with E-state index in [-0.39, 0.29) is 0 Å². The number of hydrogen-bond donors (Lipinski definition) is 1. The molecule has 0 saturated heterocycles. The summed E-state index contributed by atoms with van der Waals surface area (Å²) in [4.78, 5) is 0. The van der Waals surface area contributed by atoms with Gasteiger partial charge in [-0.15, -0.1) is 0 Å². The molecule has 2 N–H and O–H groups in total. The molecule has 66 valence electrons. The first-order valence-electron chi connectivity index (χ1n) is 3.78. The molecule has 13 heavy (non-hydrogen) atoms. The summed E-state index contributed by atoms with van der Waals surface area (Å²) in [5.41, 5.74) is 7.91. The zero-order valence-electron chi connectivity index (χ0n) is 7.06. The van der Waals surface area contributed by atoms with Crippen molar-refractivity contribution >= 4 is 5.88 Å². The standard InChI is InChI=1S/C8H8N4O/c1-5-7(12-13-8(5)9)6-2-3-10-11-4-6/h2-4H,9H2,1H3. The molecule has 0 aromatic carbocycles. The van der Waals surface area contributed by atoms with Gasteiger partial charge in [0.15, 0.2) is 0 Å². The van der Waals surface area contributed by atoms with Crippen LogP contribution in [0.15, 0.2) is 23.0 Å². The first-order chi connectivity index (χ1) is 6.29. The Morgan fingerprint density at radius 3 is 2.77 bits per heavy atom. The van der Waals surface area contributed by atoms with E-state index in [1.807, 2.05) is 6.92 Å². The van der Waals surface area contributed by atoms with Crippen LogP contribution >= 0.6 is 0 Å². The molecule has 0 bridgehead atoms. The lowest BCUT2D eigenvalue weighted by atomic mass is 10.1. The summed E-state index contributed by atoms with van der Waals surface area (Å²) in [7, 11) is 0. The quantitative estimate of drug-likeness (QED) is 0.701. The van der Waals surface area contributed by atoms with Crippen molar-refractivity contribution in [3.63, 3.8) is 0 Å². The number of nitrogens with two attached hydrogens (primary N) is 1. The summed E-state index contributed by atoms with van der Waals surface area (Å²) < 4.78 is 4.83. The summed E-state index contributed by atoms with van der Waals surface area (Å²) in [6.07, 6.45) is 3.21. The van der Waals surface area contributed by atoms with Crippen LogP contribution < -0.4 is 5.73 Å². The lowest BCUT2D eigenvalue weighted by Crippen LogP contribution is -1.86. The minimum Gasteiger partial charge on any atom is -0.367 e. The zero-order valence-corrected chi connectivity index (χ0v) is 7.06. The fourth-order valence-corrected chi connectivity index (χ4v) is 1.05. The first kappa shape index (κ1) is 7.72. The molecular formula is C8H8N4O. The molecule has 0 aliphatic rings. The molecule has 2 rings (SSSR count). The second-order valence-electron chi connectivity index (χ2n) is 2.65. The molecule has 0 amide bonds. The number of nitrogen functional groups attached to an aromatic ring is 1. The smallest absolute Gasteiger partial charge is 0.225 e. The van der Waals surface area contributed by atoms with Crippen LogP contribution in [0.3, 0.4) is 0 Å². The predicted molar refractivity (Wildman–Crippen MR) is 46.7 cm³/mol. The van der Waals surface area contributed by atoms with Crippen LogP contribution in [0.2, 0.25) is 0 Å². The second kappa shape index (κ2) is 2.85. The van der Waals surface area contributed by atoms with Gasteiger partial charge in [-0.2, -0.15) is 10.2 Å². The van der Waals surface area contributed by atoms with Gasteiger partial charge in [0.05, 0.1) is 12.4 Å². The highest BCUT2D eigenvalue weighted by Crippen LogP contribution is 2.24. The van der Waals surface area contributed by atoms with Crippen molar-refractivity contribution < 1.29 is 4.52 Å². The van der Waals surface area contributed by atoms with Crippen LogP contribution in [0.5, 0.6) is 0 Å². The summed E-state index contributed by atoms with van der Waals surface area (Å²) >= 11 is 0. The van der Waals surface area contributed by atoms with Gasteiger partial charge in [0.25, 0.3) is 0 Å². The van der Waals surface area contributed by atoms with Crippen LogP contribution in [-0.4, -0.2) is 15.4 Å². The van der Waals surface area contributed by atoms with Crippen LogP contribution in [0, 0.1) is 6.92 Å². The Labute approximate surface area is 74.6 Å². The molecule has 0 unspecified atom stereocenters. The summed E-state index contributed by atoms with van der Waals surface area (Å²) in [5.74, 6) is 0.340. The lowest BCUT2D eigenvalue weighted by molar-refractivity contribution is 0.439. The van der Waals surface area contributed by atoms with Gasteiger partial charge >= 0.3 is 0 Å². The van der Waals surface area contributed by atoms with Crippen molar-refractivity contribution in [1.29, 1.82) is 0 Å². The van der Waals surface area contributed by atoms with Gasteiger partial charge in [-0.25, -0.2) is 0 Å². The topological polar surface area (TPSA) is 77.8 Å². The van der Waals surface area contributed by atoms with Gasteiger partial charge < -0.3 is 10.3 Å². The van der Waals surface area contributed by atoms with E-state index in [1.165, 1.54) is 0 Å². The van der Waals surface area contributed by atoms with Gasteiger partial charge in [-0.3, -0.25) is 0 Å². The van der Waals surface area contributed by atoms with E-state index in [0.717, 1.165) is 11.1 Å². The highest BCUT2D eigenvalue weighted by atomic mass is 16.5. The fourth-order valence-electron chi connectivity index (χ4n) is 1.05. The third-order valence-corrected chi connectivity index (χ3v) is 1.82. The van der Waals surface area contributed by atoms with E-state index in [4.69, 9.17) is 10.3 Å². The van der Waals surface area contributed by atoms with E-state index >= 15 is 0 Å². The highest BCUT2D eigenvalue weighted by molar-refractivity contribution is 5.65. The molecule has 0 fully saturated rings. The highest BCUT2D eigenvalue weighted by Gasteiger charge is 2.10. The predicted octanol–water partition coefficient (Wildman–Crippen LogP) is 1.02. The Kier molecular flexibility index (Phi) is 1.70. The molecule has 0 atom stereocenters. The molecule has 2 aromatic heterocycles. The second-order valence-corrected chi connectivity index (χ2v) is 2.65. The third-order valence-electron chi connectivity index (χ3n) is 1.82. The van der Waals surface area contributed by atoms with Crippen molar-refractivity contribution in [1.82, 2.24) is 15.4 Å². The van der Waals surface area contributed by atoms with Gasteiger partial charge in [0.2, 0.25) is 5.88 Å². The van der Waals surface area contributed by atoms with Crippen LogP contribution in [0.1, 0.15) is 5.56 Å². The molecule has 0 aliphatic carbocycles. The van der Waals surface area contributed by atoms with Crippen LogP contribution in [0.4, 0.5) is 5.88 Å². The maximum Gasteiger partial charge on any atom is 0.225 e. The Morgan fingerprint density at radius 2 is 2.23 bits per heavy atom. The first-order valence-corrected chi connectivity index (χ1v) is 3.78. The third kappa shape index (κ3) is 1.24. The van der Waals surface area contributed by atoms with Crippen molar-refractivity contribution in [2.24, 2.45) is 0 Å². The van der Waals surface area contributed by atoms with Crippen molar-refractivity contribution in [2.75, 3.05) is 5.73 Å². The summed E-state index contributed by atoms with van der Waals surface area (Å²) in [6, 6.07) is 1.80. The molecule has 5 heteroatoms. The number of hydrogen-bond acceptors (Lipinski definition) is 5. The number of anilines is 1. The van der Waals surface area contributed by atoms with Gasteiger partial charge in [-0.05, 0) is 13.0 Å². The van der Waals surface area contributed by atoms with Gasteiger partial charge in [0.1, 0.15) is 5.69 Å². The molecule has 0 aliphatic heterocycles. The van der Waals surface area contributed by atoms with E-state index in [2.05, 4.69) is 15.4 Å². The van der Waals surface area contributed by atoms with E-state index in [0.29, 0.717) is 11.6 Å². The average Bonchev–Trinajstić information content (AvgIpc) is 2.49. The molecule has 5 nitrogen and oxygen atoms in total. The molecule has 0 radical (unpaired) electrons. The number of nitrogens with zero attached hydrogens (tertiary/aromatic N) is 3. The number of rotatable bonds is 1. The molecule has 2 aromatic rings. The Balaban J connectivity index is 2.53. The molecule has 0 saturated carbocycles. The van der Waals surface area contributed by atoms with Crippen LogP contribution in [-0.2, 0) is 0 Å². The van der Waals surface area contributed by atoms with E-state index in [9.17, 15) is 0 Å². The summed E-state index contributed by atoms with van der Waals surface area (Å²) in [5, 5.41) is 11.2. The lowest BCUT2D eigenvalue weighted by Gasteiger charge is -1.93. The molecule has 0 spiro atoms. The van der Waals surface area contributed by atoms with E-state index < -0.39 is 0 Å². The number of aromatic nitrogens is 3. The average molecular weight is 176 g/mol. The molecular weight excluding hydrogens is 168 g/mol. The Bertz CT molecular complexity index is 409. The van der Waals surface area contributed by atoms with Crippen molar-refractivity contribution in [3.05, 3.63) is 24.0 Å². The Morgan fingerprint density at radius 1 is 1.38 bits per heavy atom. The fraction of sp³-hybridized carbons (Fsp3) is 0.125. The van der Waals surface area contributed by atoms with Crippen LogP contribution in [0.25, 0.3) is 11.3 Å². The largest absolute Gasteiger partial charge is 0.367 e. The van der Waals surface area contributed by atoms with Crippen molar-refractivity contribution in [3.8, 4) is 11.3 Å². The maximum atomic E-state index is 5.51. The Hall–Kier alpha value is -1.91. The summed E-state index contributed by atoms with van der Waals surface area (Å²) in [6.45, 7) is 1.85. The SMILES string of the molecule is Cc1c(-c2ccnnc2)noc1N. The minimum atomic E-state index is 0.340. The van der Waals surface area contributed by atoms with Gasteiger partial charge in [-0.1, -0.05) is 5.16 Å². The van der Waals surface area contributed by atoms with Gasteiger partial charge in [0, 0.05) is 11.1 Å². The molecule has 2 heterocycles. The zero-order chi connectivity index (χ0) is 9.26. The van der Waals surface area contributed by atoms with Crippen molar-refractivity contribution in [2.45, 2.75) is 6.92 Å². The minimum absolute atomic E-state index is 0.340. The van der Waals surface area contributed by atoms with E-state index in [1.54, 1.807) is 18.5 Å². The normalized spacial score (nSPS) is 10.2.